The Kier molecular flexibility index (Phi) is 5.36. The molecule has 3 aromatic rings. The van der Waals surface area contributed by atoms with Crippen molar-refractivity contribution in [1.29, 1.82) is 0 Å². The Bertz CT molecular complexity index is 966. The predicted molar refractivity (Wildman–Crippen MR) is 110 cm³/mol. The average molecular weight is 396 g/mol. The number of nitrogens with two attached hydrogens (primary N) is 1. The van der Waals surface area contributed by atoms with Crippen molar-refractivity contribution in [2.75, 3.05) is 18.4 Å². The Labute approximate surface area is 167 Å². The molecule has 0 aliphatic carbocycles. The Morgan fingerprint density at radius 1 is 1.14 bits per heavy atom. The van der Waals surface area contributed by atoms with Gasteiger partial charge in [0.2, 0.25) is 5.91 Å². The van der Waals surface area contributed by atoms with E-state index in [0.29, 0.717) is 17.8 Å². The van der Waals surface area contributed by atoms with E-state index < -0.39 is 5.91 Å². The van der Waals surface area contributed by atoms with Crippen LogP contribution >= 0.6 is 11.3 Å². The molecule has 2 amide bonds. The third kappa shape index (κ3) is 4.05. The van der Waals surface area contributed by atoms with Gasteiger partial charge < -0.3 is 16.0 Å². The lowest BCUT2D eigenvalue weighted by molar-refractivity contribution is -0.929. The van der Waals surface area contributed by atoms with Crippen LogP contribution in [0, 0.1) is 0 Å². The van der Waals surface area contributed by atoms with Crippen molar-refractivity contribution >= 4 is 39.1 Å². The van der Waals surface area contributed by atoms with Crippen molar-refractivity contribution in [1.82, 2.24) is 4.98 Å². The molecule has 2 aromatic carbocycles. The molecule has 1 fully saturated rings. The van der Waals surface area contributed by atoms with Crippen molar-refractivity contribution in [2.45, 2.75) is 25.3 Å². The minimum absolute atomic E-state index is 0.0326. The molecule has 2 atom stereocenters. The number of para-hydroxylation sites is 1. The maximum Gasteiger partial charge on any atom is 0.279 e. The van der Waals surface area contributed by atoms with Crippen molar-refractivity contribution < 1.29 is 14.5 Å². The van der Waals surface area contributed by atoms with E-state index in [1.165, 1.54) is 16.0 Å². The third-order valence-electron chi connectivity index (χ3n) is 5.18. The van der Waals surface area contributed by atoms with E-state index in [-0.39, 0.29) is 11.9 Å². The maximum absolute atomic E-state index is 12.6. The lowest BCUT2D eigenvalue weighted by atomic mass is 10.0. The van der Waals surface area contributed by atoms with E-state index in [2.05, 4.69) is 11.4 Å². The molecule has 1 aromatic heterocycles. The molecule has 144 valence electrons. The number of hydrogen-bond acceptors (Lipinski definition) is 4. The monoisotopic (exact) mass is 395 g/mol. The predicted octanol–water partition coefficient (Wildman–Crippen LogP) is 2.14. The number of amides is 2. The van der Waals surface area contributed by atoms with Crippen LogP contribution < -0.4 is 16.0 Å². The number of rotatable bonds is 5. The number of hydrogen-bond donors (Lipinski definition) is 3. The number of benzene rings is 2. The molecule has 0 saturated carbocycles. The second-order valence-corrected chi connectivity index (χ2v) is 8.21. The van der Waals surface area contributed by atoms with Gasteiger partial charge in [0.1, 0.15) is 6.04 Å². The fraction of sp³-hybridized carbons (Fsp3) is 0.286. The lowest BCUT2D eigenvalue weighted by Gasteiger charge is -2.30. The lowest BCUT2D eigenvalue weighted by Crippen LogP contribution is -3.14. The van der Waals surface area contributed by atoms with Gasteiger partial charge in [-0.15, -0.1) is 11.3 Å². The SMILES string of the molecule is NC(=O)c1ccc(NC(=O)C[NH+]2CCCC[C@H]2c2nc3ccccc3s2)cc1. The first-order valence-electron chi connectivity index (χ1n) is 9.50. The highest BCUT2D eigenvalue weighted by Gasteiger charge is 2.31. The molecule has 4 N–H and O–H groups in total. The number of fused-ring (bicyclic) bond motifs is 1. The number of thiazole rings is 1. The number of likely N-dealkylation sites (tertiary alicyclic amines) is 1. The summed E-state index contributed by atoms with van der Waals surface area (Å²) in [4.78, 5) is 29.9. The van der Waals surface area contributed by atoms with Gasteiger partial charge in [-0.25, -0.2) is 4.98 Å². The number of carbonyl (C=O) groups excluding carboxylic acids is 2. The van der Waals surface area contributed by atoms with Gasteiger partial charge in [0, 0.05) is 17.7 Å². The summed E-state index contributed by atoms with van der Waals surface area (Å²) in [7, 11) is 0. The molecule has 0 bridgehead atoms. The molecule has 1 saturated heterocycles. The number of aromatic nitrogens is 1. The van der Waals surface area contributed by atoms with Crippen LogP contribution in [-0.4, -0.2) is 29.9 Å². The van der Waals surface area contributed by atoms with Gasteiger partial charge in [0.25, 0.3) is 5.91 Å². The summed E-state index contributed by atoms with van der Waals surface area (Å²) in [6.07, 6.45) is 3.34. The molecule has 4 rings (SSSR count). The number of anilines is 1. The zero-order chi connectivity index (χ0) is 19.5. The Balaban J connectivity index is 1.45. The Morgan fingerprint density at radius 2 is 1.93 bits per heavy atom. The van der Waals surface area contributed by atoms with Crippen LogP contribution in [0.4, 0.5) is 5.69 Å². The summed E-state index contributed by atoms with van der Waals surface area (Å²) in [6.45, 7) is 1.37. The van der Waals surface area contributed by atoms with E-state index in [0.717, 1.165) is 29.9 Å². The summed E-state index contributed by atoms with van der Waals surface area (Å²) in [5, 5.41) is 4.04. The van der Waals surface area contributed by atoms with Crippen LogP contribution in [0.15, 0.2) is 48.5 Å². The smallest absolute Gasteiger partial charge is 0.279 e. The van der Waals surface area contributed by atoms with E-state index in [1.54, 1.807) is 35.6 Å². The average Bonchev–Trinajstić information content (AvgIpc) is 3.12. The molecule has 7 heteroatoms. The number of quaternary nitrogens is 1. The molecule has 1 aliphatic rings. The largest absolute Gasteiger partial charge is 0.366 e. The van der Waals surface area contributed by atoms with E-state index in [9.17, 15) is 9.59 Å². The highest BCUT2D eigenvalue weighted by atomic mass is 32.1. The highest BCUT2D eigenvalue weighted by molar-refractivity contribution is 7.18. The summed E-state index contributed by atoms with van der Waals surface area (Å²) < 4.78 is 1.20. The second-order valence-electron chi connectivity index (χ2n) is 7.14. The molecule has 1 aliphatic heterocycles. The van der Waals surface area contributed by atoms with E-state index in [1.807, 2.05) is 18.2 Å². The van der Waals surface area contributed by atoms with Gasteiger partial charge in [-0.3, -0.25) is 9.59 Å². The number of piperidine rings is 1. The van der Waals surface area contributed by atoms with Crippen LogP contribution in [-0.2, 0) is 4.79 Å². The summed E-state index contributed by atoms with van der Waals surface area (Å²) in [6, 6.07) is 15.1. The highest BCUT2D eigenvalue weighted by Crippen LogP contribution is 2.28. The summed E-state index contributed by atoms with van der Waals surface area (Å²) in [5.41, 5.74) is 7.38. The first-order chi connectivity index (χ1) is 13.6. The topological polar surface area (TPSA) is 89.5 Å². The Morgan fingerprint density at radius 3 is 2.68 bits per heavy atom. The molecular formula is C21H23N4O2S+. The molecule has 0 spiro atoms. The molecule has 6 nitrogen and oxygen atoms in total. The summed E-state index contributed by atoms with van der Waals surface area (Å²) >= 11 is 1.74. The van der Waals surface area contributed by atoms with Crippen LogP contribution in [0.3, 0.4) is 0 Å². The van der Waals surface area contributed by atoms with Crippen molar-refractivity contribution in [3.63, 3.8) is 0 Å². The number of nitrogens with one attached hydrogen (secondary N) is 2. The zero-order valence-corrected chi connectivity index (χ0v) is 16.3. The van der Waals surface area contributed by atoms with Gasteiger partial charge >= 0.3 is 0 Å². The van der Waals surface area contributed by atoms with Crippen LogP contribution in [0.5, 0.6) is 0 Å². The minimum atomic E-state index is -0.477. The van der Waals surface area contributed by atoms with Crippen LogP contribution in [0.2, 0.25) is 0 Å². The van der Waals surface area contributed by atoms with Crippen LogP contribution in [0.25, 0.3) is 10.2 Å². The van der Waals surface area contributed by atoms with Gasteiger partial charge in [0.15, 0.2) is 11.6 Å². The molecule has 28 heavy (non-hydrogen) atoms. The molecule has 0 radical (unpaired) electrons. The van der Waals surface area contributed by atoms with Crippen molar-refractivity contribution in [2.24, 2.45) is 5.73 Å². The fourth-order valence-electron chi connectivity index (χ4n) is 3.76. The minimum Gasteiger partial charge on any atom is -0.366 e. The third-order valence-corrected chi connectivity index (χ3v) is 6.33. The number of carbonyl (C=O) groups is 2. The van der Waals surface area contributed by atoms with E-state index in [4.69, 9.17) is 10.7 Å². The first kappa shape index (κ1) is 18.6. The molecular weight excluding hydrogens is 372 g/mol. The number of nitrogens with zero attached hydrogens (tertiary/aromatic N) is 1. The maximum atomic E-state index is 12.6. The van der Waals surface area contributed by atoms with Gasteiger partial charge in [-0.2, -0.15) is 0 Å². The van der Waals surface area contributed by atoms with E-state index >= 15 is 0 Å². The molecule has 2 heterocycles. The van der Waals surface area contributed by atoms with Crippen molar-refractivity contribution in [3.05, 3.63) is 59.1 Å². The van der Waals surface area contributed by atoms with Gasteiger partial charge in [-0.05, 0) is 49.2 Å². The standard InChI is InChI=1S/C21H22N4O2S/c22-20(27)14-8-10-15(11-9-14)23-19(26)13-25-12-4-3-6-17(25)21-24-16-5-1-2-7-18(16)28-21/h1-2,5,7-11,17H,3-4,6,12-13H2,(H2,22,27)(H,23,26)/p+1/t17-/m0/s1. The second kappa shape index (κ2) is 8.08. The number of primary amides is 1. The Hall–Kier alpha value is -2.77. The first-order valence-corrected chi connectivity index (χ1v) is 10.3. The normalized spacial score (nSPS) is 19.4. The fourth-order valence-corrected chi connectivity index (χ4v) is 4.92. The van der Waals surface area contributed by atoms with Gasteiger partial charge in [0.05, 0.1) is 16.8 Å². The van der Waals surface area contributed by atoms with Crippen molar-refractivity contribution in [3.8, 4) is 0 Å². The van der Waals surface area contributed by atoms with Gasteiger partial charge in [-0.1, -0.05) is 12.1 Å². The van der Waals surface area contributed by atoms with Crippen LogP contribution in [0.1, 0.15) is 40.7 Å². The molecule has 1 unspecified atom stereocenters. The quantitative estimate of drug-likeness (QED) is 0.618. The zero-order valence-electron chi connectivity index (χ0n) is 15.5. The summed E-state index contributed by atoms with van der Waals surface area (Å²) in [5.74, 6) is -0.510.